The maximum Gasteiger partial charge on any atom is 0.0404 e. The highest BCUT2D eigenvalue weighted by Crippen LogP contribution is 2.63. The molecule has 0 amide bonds. The van der Waals surface area contributed by atoms with Crippen LogP contribution in [0.4, 0.5) is 0 Å². The Morgan fingerprint density at radius 2 is 0.921 bits per heavy atom. The molecule has 2 atom stereocenters. The summed E-state index contributed by atoms with van der Waals surface area (Å²) >= 11 is 0. The minimum atomic E-state index is -0.510. The van der Waals surface area contributed by atoms with Crippen LogP contribution in [0.2, 0.25) is 0 Å². The second-order valence-electron chi connectivity index (χ2n) is 10.3. The molecule has 2 N–H and O–H groups in total. The molecule has 7 rings (SSSR count). The predicted octanol–water partition coefficient (Wildman–Crippen LogP) is 9.60. The number of rotatable bonds is 4. The van der Waals surface area contributed by atoms with Crippen LogP contribution in [0.3, 0.4) is 0 Å². The lowest BCUT2D eigenvalue weighted by Crippen LogP contribution is -2.20. The molecule has 0 aliphatic carbocycles. The van der Waals surface area contributed by atoms with Crippen LogP contribution in [-0.2, 0) is 12.3 Å². The lowest BCUT2D eigenvalue weighted by molar-refractivity contribution is 0.693. The fourth-order valence-corrected chi connectivity index (χ4v) is 9.46. The van der Waals surface area contributed by atoms with Crippen molar-refractivity contribution in [2.24, 2.45) is 5.73 Å². The molecule has 1 aliphatic rings. The standard InChI is InChI=1S/C36H30NP/c37-35(27-13-3-1-4-14-27)36(28-15-5-2-6-16-28)38-23-29-21-19-25-11-7-9-17-31(25)33(29)34-30(24-38)22-20-26-12-8-10-18-32(26)34/h1-22,35-36H,23-24,37H2/t35-,36+/m1/s1. The third kappa shape index (κ3) is 4.04. The fraction of sp³-hybridized carbons (Fsp3) is 0.111. The maximum atomic E-state index is 7.19. The van der Waals surface area contributed by atoms with Crippen LogP contribution in [0.15, 0.2) is 133 Å². The normalized spacial score (nSPS) is 15.0. The van der Waals surface area contributed by atoms with Crippen LogP contribution in [0.25, 0.3) is 32.7 Å². The van der Waals surface area contributed by atoms with Crippen molar-refractivity contribution in [3.8, 4) is 11.1 Å². The summed E-state index contributed by atoms with van der Waals surface area (Å²) in [6.07, 6.45) is 2.11. The molecule has 6 aromatic rings. The Balaban J connectivity index is 1.48. The van der Waals surface area contributed by atoms with Gasteiger partial charge < -0.3 is 5.73 Å². The monoisotopic (exact) mass is 507 g/mol. The van der Waals surface area contributed by atoms with Crippen molar-refractivity contribution in [2.75, 3.05) is 0 Å². The molecule has 0 radical (unpaired) electrons. The van der Waals surface area contributed by atoms with Crippen LogP contribution in [-0.4, -0.2) is 0 Å². The van der Waals surface area contributed by atoms with E-state index in [0.29, 0.717) is 0 Å². The zero-order chi connectivity index (χ0) is 25.5. The smallest absolute Gasteiger partial charge is 0.0404 e. The summed E-state index contributed by atoms with van der Waals surface area (Å²) in [5.41, 5.74) is 15.7. The Morgan fingerprint density at radius 1 is 0.474 bits per heavy atom. The van der Waals surface area contributed by atoms with E-state index in [9.17, 15) is 0 Å². The van der Waals surface area contributed by atoms with E-state index in [4.69, 9.17) is 5.73 Å². The average Bonchev–Trinajstić information content (AvgIpc) is 3.15. The minimum absolute atomic E-state index is 0.0596. The van der Waals surface area contributed by atoms with E-state index in [1.54, 1.807) is 0 Å². The molecule has 0 saturated carbocycles. The van der Waals surface area contributed by atoms with Gasteiger partial charge in [0.2, 0.25) is 0 Å². The van der Waals surface area contributed by atoms with Crippen LogP contribution in [0, 0.1) is 0 Å². The van der Waals surface area contributed by atoms with Crippen molar-refractivity contribution in [1.29, 1.82) is 0 Å². The second-order valence-corrected chi connectivity index (χ2v) is 12.7. The van der Waals surface area contributed by atoms with E-state index < -0.39 is 7.92 Å². The van der Waals surface area contributed by atoms with E-state index in [0.717, 1.165) is 12.3 Å². The Morgan fingerprint density at radius 3 is 1.45 bits per heavy atom. The molecule has 0 unspecified atom stereocenters. The largest absolute Gasteiger partial charge is 0.323 e. The summed E-state index contributed by atoms with van der Waals surface area (Å²) in [5.74, 6) is 0. The molecule has 184 valence electrons. The molecule has 1 nitrogen and oxygen atoms in total. The second kappa shape index (κ2) is 9.84. The van der Waals surface area contributed by atoms with Crippen molar-refractivity contribution in [2.45, 2.75) is 24.0 Å². The molecule has 0 spiro atoms. The van der Waals surface area contributed by atoms with Crippen molar-refractivity contribution in [3.05, 3.63) is 156 Å². The van der Waals surface area contributed by atoms with Gasteiger partial charge in [-0.25, -0.2) is 0 Å². The number of nitrogens with two attached hydrogens (primary N) is 1. The van der Waals surface area contributed by atoms with Crippen molar-refractivity contribution in [1.82, 2.24) is 0 Å². The maximum absolute atomic E-state index is 7.19. The quantitative estimate of drug-likeness (QED) is 0.236. The first kappa shape index (κ1) is 23.4. The van der Waals surface area contributed by atoms with Gasteiger partial charge in [-0.3, -0.25) is 0 Å². The van der Waals surface area contributed by atoms with Gasteiger partial charge in [-0.15, -0.1) is 0 Å². The van der Waals surface area contributed by atoms with E-state index in [1.165, 1.54) is 54.9 Å². The number of benzene rings is 6. The van der Waals surface area contributed by atoms with Crippen LogP contribution in [0.1, 0.15) is 34.0 Å². The lowest BCUT2D eigenvalue weighted by Gasteiger charge is -2.33. The average molecular weight is 508 g/mol. The molecule has 0 fully saturated rings. The lowest BCUT2D eigenvalue weighted by atomic mass is 9.88. The Kier molecular flexibility index (Phi) is 6.05. The number of hydrogen-bond acceptors (Lipinski definition) is 1. The summed E-state index contributed by atoms with van der Waals surface area (Å²) in [5, 5.41) is 5.31. The summed E-state index contributed by atoms with van der Waals surface area (Å²) in [6.45, 7) is 0. The zero-order valence-electron chi connectivity index (χ0n) is 21.3. The van der Waals surface area contributed by atoms with E-state index >= 15 is 0 Å². The molecule has 0 saturated heterocycles. The molecule has 0 bridgehead atoms. The van der Waals surface area contributed by atoms with Crippen LogP contribution < -0.4 is 5.73 Å². The number of fused-ring (bicyclic) bond motifs is 7. The highest BCUT2D eigenvalue weighted by Gasteiger charge is 2.33. The first-order chi connectivity index (χ1) is 18.8. The first-order valence-electron chi connectivity index (χ1n) is 13.4. The molecule has 6 aromatic carbocycles. The molecule has 0 aromatic heterocycles. The van der Waals surface area contributed by atoms with Gasteiger partial charge in [0, 0.05) is 11.7 Å². The predicted molar refractivity (Wildman–Crippen MR) is 164 cm³/mol. The summed E-state index contributed by atoms with van der Waals surface area (Å²) in [7, 11) is -0.510. The molecular formula is C36H30NP. The molecule has 1 heterocycles. The van der Waals surface area contributed by atoms with Crippen molar-refractivity contribution < 1.29 is 0 Å². The van der Waals surface area contributed by atoms with E-state index in [1.807, 2.05) is 0 Å². The first-order valence-corrected chi connectivity index (χ1v) is 15.2. The van der Waals surface area contributed by atoms with Gasteiger partial charge in [-0.1, -0.05) is 141 Å². The molecule has 1 aliphatic heterocycles. The molecular weight excluding hydrogens is 477 g/mol. The van der Waals surface area contributed by atoms with Gasteiger partial charge in [0.05, 0.1) is 0 Å². The van der Waals surface area contributed by atoms with Gasteiger partial charge in [0.1, 0.15) is 0 Å². The number of hydrogen-bond donors (Lipinski definition) is 1. The zero-order valence-corrected chi connectivity index (χ0v) is 22.2. The Labute approximate surface area is 225 Å². The third-order valence-corrected chi connectivity index (χ3v) is 11.0. The van der Waals surface area contributed by atoms with E-state index in [2.05, 4.69) is 133 Å². The van der Waals surface area contributed by atoms with Crippen LogP contribution in [0.5, 0.6) is 0 Å². The van der Waals surface area contributed by atoms with Crippen LogP contribution >= 0.6 is 7.92 Å². The Hall–Kier alpha value is -3.77. The van der Waals surface area contributed by atoms with Crippen molar-refractivity contribution in [3.63, 3.8) is 0 Å². The molecule has 38 heavy (non-hydrogen) atoms. The highest BCUT2D eigenvalue weighted by atomic mass is 31.1. The summed E-state index contributed by atoms with van der Waals surface area (Å²) in [6, 6.07) is 48.8. The fourth-order valence-electron chi connectivity index (χ4n) is 6.33. The summed E-state index contributed by atoms with van der Waals surface area (Å²) < 4.78 is 0. The van der Waals surface area contributed by atoms with Gasteiger partial charge >= 0.3 is 0 Å². The topological polar surface area (TPSA) is 26.0 Å². The highest BCUT2D eigenvalue weighted by molar-refractivity contribution is 7.56. The summed E-state index contributed by atoms with van der Waals surface area (Å²) in [4.78, 5) is 0. The van der Waals surface area contributed by atoms with Gasteiger partial charge in [0.25, 0.3) is 0 Å². The molecule has 2 heteroatoms. The minimum Gasteiger partial charge on any atom is -0.323 e. The Bertz CT molecular complexity index is 1660. The van der Waals surface area contributed by atoms with Gasteiger partial charge in [-0.05, 0) is 67.2 Å². The van der Waals surface area contributed by atoms with E-state index in [-0.39, 0.29) is 11.7 Å². The SMILES string of the molecule is N[C@H](c1ccccc1)[C@H](c1ccccc1)P1Cc2ccc3ccccc3c2-c2c(ccc3ccccc23)C1. The third-order valence-electron chi connectivity index (χ3n) is 8.09. The van der Waals surface area contributed by atoms with Crippen molar-refractivity contribution >= 4 is 29.5 Å². The van der Waals surface area contributed by atoms with Gasteiger partial charge in [0.15, 0.2) is 0 Å². The van der Waals surface area contributed by atoms with Gasteiger partial charge in [-0.2, -0.15) is 0 Å².